The highest BCUT2D eigenvalue weighted by Gasteiger charge is 2.42. The lowest BCUT2D eigenvalue weighted by Crippen LogP contribution is -2.53. The Hall–Kier alpha value is -1.71. The second kappa shape index (κ2) is 10.7. The molecule has 2 aliphatic rings. The van der Waals surface area contributed by atoms with Gasteiger partial charge in [-0.25, -0.2) is 13.2 Å². The summed E-state index contributed by atoms with van der Waals surface area (Å²) in [5.74, 6) is 0.703. The van der Waals surface area contributed by atoms with Gasteiger partial charge in [0.05, 0.1) is 16.3 Å². The van der Waals surface area contributed by atoms with Crippen LogP contribution in [-0.2, 0) is 10.0 Å². The quantitative estimate of drug-likeness (QED) is 0.525. The summed E-state index contributed by atoms with van der Waals surface area (Å²) in [5.41, 5.74) is 0.994. The maximum atomic E-state index is 13.4. The van der Waals surface area contributed by atoms with Crippen molar-refractivity contribution in [2.75, 3.05) is 45.5 Å². The number of benzene rings is 2. The Labute approximate surface area is 221 Å². The minimum Gasteiger partial charge on any atom is -0.490 e. The van der Waals surface area contributed by atoms with Crippen LogP contribution in [0.3, 0.4) is 0 Å². The first-order valence-corrected chi connectivity index (χ1v) is 14.4. The number of carbonyl (C=O) groups is 1. The predicted molar refractivity (Wildman–Crippen MR) is 139 cm³/mol. The van der Waals surface area contributed by atoms with Gasteiger partial charge in [0.1, 0.15) is 11.9 Å². The summed E-state index contributed by atoms with van der Waals surface area (Å²) in [7, 11) is -3.27. The lowest BCUT2D eigenvalue weighted by molar-refractivity contribution is 0.129. The number of piperazine rings is 1. The van der Waals surface area contributed by atoms with Gasteiger partial charge in [-0.2, -0.15) is 4.31 Å². The highest BCUT2D eigenvalue weighted by molar-refractivity contribution is 7.88. The molecule has 190 valence electrons. The summed E-state index contributed by atoms with van der Waals surface area (Å²) in [5, 5.41) is 1.58. The van der Waals surface area contributed by atoms with Crippen LogP contribution in [0.4, 0.5) is 4.79 Å². The Morgan fingerprint density at radius 2 is 1.60 bits per heavy atom. The number of amides is 2. The number of hydrogen-bond acceptors (Lipinski definition) is 4. The van der Waals surface area contributed by atoms with E-state index in [1.807, 2.05) is 36.1 Å². The lowest BCUT2D eigenvalue weighted by atomic mass is 9.85. The third-order valence-corrected chi connectivity index (χ3v) is 9.02. The van der Waals surface area contributed by atoms with Crippen molar-refractivity contribution in [2.45, 2.75) is 18.9 Å². The number of carbonyl (C=O) groups excluding carboxylic acids is 1. The lowest BCUT2D eigenvalue weighted by Gasteiger charge is -2.35. The molecule has 3 atom stereocenters. The predicted octanol–water partition coefficient (Wildman–Crippen LogP) is 4.83. The van der Waals surface area contributed by atoms with Crippen LogP contribution >= 0.6 is 34.8 Å². The first-order chi connectivity index (χ1) is 16.5. The van der Waals surface area contributed by atoms with Crippen LogP contribution in [0.5, 0.6) is 5.75 Å². The summed E-state index contributed by atoms with van der Waals surface area (Å²) < 4.78 is 31.3. The van der Waals surface area contributed by atoms with Gasteiger partial charge in [0, 0.05) is 56.1 Å². The Morgan fingerprint density at radius 3 is 2.20 bits per heavy atom. The van der Waals surface area contributed by atoms with Gasteiger partial charge >= 0.3 is 6.03 Å². The zero-order valence-electron chi connectivity index (χ0n) is 19.5. The van der Waals surface area contributed by atoms with Crippen LogP contribution in [0.25, 0.3) is 0 Å². The van der Waals surface area contributed by atoms with E-state index in [1.54, 1.807) is 23.1 Å². The minimum atomic E-state index is -3.27. The van der Waals surface area contributed by atoms with Gasteiger partial charge < -0.3 is 14.5 Å². The van der Waals surface area contributed by atoms with E-state index < -0.39 is 10.0 Å². The van der Waals surface area contributed by atoms with Crippen molar-refractivity contribution in [1.29, 1.82) is 0 Å². The van der Waals surface area contributed by atoms with E-state index in [0.29, 0.717) is 60.1 Å². The van der Waals surface area contributed by atoms with Crippen LogP contribution in [-0.4, -0.2) is 80.2 Å². The molecule has 2 aromatic rings. The van der Waals surface area contributed by atoms with Crippen molar-refractivity contribution in [3.05, 3.63) is 63.1 Å². The molecule has 0 N–H and O–H groups in total. The Bertz CT molecular complexity index is 1170. The Kier molecular flexibility index (Phi) is 8.08. The standard InChI is InChI=1S/C24H28Cl3N3O4S/c1-16(34-19-6-4-18(25)5-7-19)20-14-29(15-21(20)17-3-8-22(26)23(27)13-17)24(31)28-9-11-30(12-10-28)35(2,32)33/h3-8,13,16,20-21H,9-12,14-15H2,1-2H3/t16-,20-,21-/m0/s1. The number of sulfonamides is 1. The maximum absolute atomic E-state index is 13.4. The van der Waals surface area contributed by atoms with E-state index in [9.17, 15) is 13.2 Å². The average Bonchev–Trinajstić information content (AvgIpc) is 3.27. The molecule has 0 spiro atoms. The molecule has 2 fully saturated rings. The zero-order valence-corrected chi connectivity index (χ0v) is 22.6. The largest absolute Gasteiger partial charge is 0.490 e. The molecule has 0 radical (unpaired) electrons. The van der Waals surface area contributed by atoms with Crippen LogP contribution in [0.15, 0.2) is 42.5 Å². The molecule has 11 heteroatoms. The van der Waals surface area contributed by atoms with Crippen LogP contribution in [0.1, 0.15) is 18.4 Å². The molecule has 0 unspecified atom stereocenters. The fraction of sp³-hybridized carbons (Fsp3) is 0.458. The van der Waals surface area contributed by atoms with Crippen molar-refractivity contribution in [3.63, 3.8) is 0 Å². The SMILES string of the molecule is C[C@H](Oc1ccc(Cl)cc1)[C@@H]1CN(C(=O)N2CCN(S(C)(=O)=O)CC2)C[C@H]1c1ccc(Cl)c(Cl)c1. The van der Waals surface area contributed by atoms with Crippen molar-refractivity contribution >= 4 is 50.9 Å². The number of urea groups is 1. The molecule has 35 heavy (non-hydrogen) atoms. The van der Waals surface area contributed by atoms with Gasteiger partial charge in [0.25, 0.3) is 0 Å². The van der Waals surface area contributed by atoms with Crippen molar-refractivity contribution in [3.8, 4) is 5.75 Å². The number of hydrogen-bond donors (Lipinski definition) is 0. The van der Waals surface area contributed by atoms with E-state index in [-0.39, 0.29) is 24.0 Å². The summed E-state index contributed by atoms with van der Waals surface area (Å²) in [6.07, 6.45) is 0.995. The first kappa shape index (κ1) is 26.4. The number of likely N-dealkylation sites (tertiary alicyclic amines) is 1. The van der Waals surface area contributed by atoms with Gasteiger partial charge in [-0.3, -0.25) is 0 Å². The smallest absolute Gasteiger partial charge is 0.320 e. The van der Waals surface area contributed by atoms with Crippen molar-refractivity contribution in [1.82, 2.24) is 14.1 Å². The van der Waals surface area contributed by atoms with E-state index in [4.69, 9.17) is 39.5 Å². The van der Waals surface area contributed by atoms with E-state index in [2.05, 4.69) is 0 Å². The second-order valence-electron chi connectivity index (χ2n) is 9.06. The van der Waals surface area contributed by atoms with E-state index >= 15 is 0 Å². The van der Waals surface area contributed by atoms with Crippen molar-refractivity contribution in [2.24, 2.45) is 5.92 Å². The number of halogens is 3. The van der Waals surface area contributed by atoms with Gasteiger partial charge in [-0.15, -0.1) is 0 Å². The highest BCUT2D eigenvalue weighted by atomic mass is 35.5. The highest BCUT2D eigenvalue weighted by Crippen LogP contribution is 2.39. The molecule has 0 aliphatic carbocycles. The molecule has 2 aromatic carbocycles. The van der Waals surface area contributed by atoms with Crippen LogP contribution < -0.4 is 4.74 Å². The van der Waals surface area contributed by atoms with Gasteiger partial charge in [0.15, 0.2) is 0 Å². The third kappa shape index (κ3) is 6.17. The molecule has 7 nitrogen and oxygen atoms in total. The third-order valence-electron chi connectivity index (χ3n) is 6.72. The minimum absolute atomic E-state index is 0.00387. The maximum Gasteiger partial charge on any atom is 0.320 e. The number of nitrogens with zero attached hydrogens (tertiary/aromatic N) is 3. The summed E-state index contributed by atoms with van der Waals surface area (Å²) in [6, 6.07) is 12.7. The van der Waals surface area contributed by atoms with Crippen molar-refractivity contribution < 1.29 is 17.9 Å². The van der Waals surface area contributed by atoms with Crippen LogP contribution in [0, 0.1) is 5.92 Å². The molecule has 2 saturated heterocycles. The monoisotopic (exact) mass is 559 g/mol. The molecule has 2 aliphatic heterocycles. The fourth-order valence-corrected chi connectivity index (χ4v) is 6.04. The van der Waals surface area contributed by atoms with Gasteiger partial charge in [-0.05, 0) is 48.9 Å². The Morgan fingerprint density at radius 1 is 0.943 bits per heavy atom. The molecule has 0 aromatic heterocycles. The molecular weight excluding hydrogens is 533 g/mol. The number of rotatable bonds is 5. The van der Waals surface area contributed by atoms with E-state index in [1.165, 1.54) is 10.6 Å². The average molecular weight is 561 g/mol. The fourth-order valence-electron chi connectivity index (χ4n) is 4.78. The second-order valence-corrected chi connectivity index (χ2v) is 12.3. The summed E-state index contributed by atoms with van der Waals surface area (Å²) >= 11 is 18.5. The zero-order chi connectivity index (χ0) is 25.3. The molecule has 2 heterocycles. The molecular formula is C24H28Cl3N3O4S. The van der Waals surface area contributed by atoms with Gasteiger partial charge in [0.2, 0.25) is 10.0 Å². The molecule has 4 rings (SSSR count). The molecule has 2 amide bonds. The topological polar surface area (TPSA) is 70.2 Å². The van der Waals surface area contributed by atoms with Gasteiger partial charge in [-0.1, -0.05) is 40.9 Å². The van der Waals surface area contributed by atoms with E-state index in [0.717, 1.165) is 5.56 Å². The Balaban J connectivity index is 1.52. The molecule has 0 bridgehead atoms. The number of ether oxygens (including phenoxy) is 1. The molecule has 0 saturated carbocycles. The normalized spacial score (nSPS) is 22.3. The summed E-state index contributed by atoms with van der Waals surface area (Å²) in [4.78, 5) is 17.0. The van der Waals surface area contributed by atoms with Crippen LogP contribution in [0.2, 0.25) is 15.1 Å². The first-order valence-electron chi connectivity index (χ1n) is 11.4. The summed E-state index contributed by atoms with van der Waals surface area (Å²) in [6.45, 7) is 4.33.